The van der Waals surface area contributed by atoms with E-state index in [2.05, 4.69) is 17.3 Å². The molecule has 0 aliphatic heterocycles. The topological polar surface area (TPSA) is 90.3 Å². The highest BCUT2D eigenvalue weighted by molar-refractivity contribution is 6.02. The highest BCUT2D eigenvalue weighted by Crippen LogP contribution is 2.15. The van der Waals surface area contributed by atoms with Crippen LogP contribution in [-0.2, 0) is 16.1 Å². The smallest absolute Gasteiger partial charge is 0.360 e. The second-order valence-corrected chi connectivity index (χ2v) is 6.43. The highest BCUT2D eigenvalue weighted by atomic mass is 16.5. The minimum absolute atomic E-state index is 0.0526. The Kier molecular flexibility index (Phi) is 7.52. The molecule has 1 aromatic heterocycles. The number of aryl methyl sites for hydroxylation is 1. The van der Waals surface area contributed by atoms with Crippen LogP contribution in [0.3, 0.4) is 0 Å². The number of nitrogens with one attached hydrogen (secondary N) is 1. The largest absolute Gasteiger partial charge is 0.448 e. The van der Waals surface area contributed by atoms with E-state index >= 15 is 0 Å². The monoisotopic (exact) mass is 373 g/mol. The fourth-order valence-corrected chi connectivity index (χ4v) is 2.81. The van der Waals surface area contributed by atoms with Gasteiger partial charge in [0, 0.05) is 18.5 Å². The number of fused-ring (bicyclic) bond motifs is 1. The Morgan fingerprint density at radius 2 is 1.85 bits per heavy atom. The van der Waals surface area contributed by atoms with Gasteiger partial charge < -0.3 is 10.1 Å². The Balaban J connectivity index is 2.33. The summed E-state index contributed by atoms with van der Waals surface area (Å²) in [5.41, 5.74) is -0.174. The van der Waals surface area contributed by atoms with Crippen molar-refractivity contribution in [3.05, 3.63) is 40.3 Å². The quantitative estimate of drug-likeness (QED) is 0.539. The molecular weight excluding hydrogens is 346 g/mol. The number of aromatic nitrogens is 2. The summed E-state index contributed by atoms with van der Waals surface area (Å²) in [5, 5.41) is 7.71. The summed E-state index contributed by atoms with van der Waals surface area (Å²) < 4.78 is 6.59. The van der Waals surface area contributed by atoms with Gasteiger partial charge in [-0.25, -0.2) is 9.48 Å². The first-order valence-electron chi connectivity index (χ1n) is 9.48. The molecule has 0 radical (unpaired) electrons. The summed E-state index contributed by atoms with van der Waals surface area (Å²) in [5.74, 6) is -1.09. The fourth-order valence-electron chi connectivity index (χ4n) is 2.81. The highest BCUT2D eigenvalue weighted by Gasteiger charge is 2.22. The summed E-state index contributed by atoms with van der Waals surface area (Å²) in [4.78, 5) is 37.1. The number of hydrogen-bond acceptors (Lipinski definition) is 5. The lowest BCUT2D eigenvalue weighted by atomic mass is 10.1. The van der Waals surface area contributed by atoms with Crippen molar-refractivity contribution in [2.24, 2.45) is 0 Å². The van der Waals surface area contributed by atoms with Crippen LogP contribution in [0.1, 0.15) is 56.9 Å². The summed E-state index contributed by atoms with van der Waals surface area (Å²) in [6.45, 7) is 6.30. The van der Waals surface area contributed by atoms with Gasteiger partial charge in [-0.05, 0) is 26.3 Å². The molecule has 7 nitrogen and oxygen atoms in total. The zero-order valence-electron chi connectivity index (χ0n) is 16.2. The van der Waals surface area contributed by atoms with Crippen molar-refractivity contribution in [2.45, 2.75) is 59.1 Å². The third-order valence-corrected chi connectivity index (χ3v) is 4.29. The van der Waals surface area contributed by atoms with Gasteiger partial charge in [-0.2, -0.15) is 5.10 Å². The summed E-state index contributed by atoms with van der Waals surface area (Å²) in [6, 6.07) is 6.82. The number of likely N-dealkylation sites (N-methyl/N-ethyl adjacent to an activating group) is 1. The van der Waals surface area contributed by atoms with Crippen molar-refractivity contribution in [3.8, 4) is 0 Å². The first-order chi connectivity index (χ1) is 13.0. The molecule has 27 heavy (non-hydrogen) atoms. The van der Waals surface area contributed by atoms with Gasteiger partial charge in [0.25, 0.3) is 11.5 Å². The average molecular weight is 373 g/mol. The van der Waals surface area contributed by atoms with Gasteiger partial charge in [-0.1, -0.05) is 44.4 Å². The van der Waals surface area contributed by atoms with E-state index in [1.165, 1.54) is 11.6 Å². The zero-order valence-corrected chi connectivity index (χ0v) is 16.2. The molecule has 1 N–H and O–H groups in total. The molecule has 1 amide bonds. The number of nitrogens with zero attached hydrogens (tertiary/aromatic N) is 2. The van der Waals surface area contributed by atoms with E-state index < -0.39 is 12.1 Å². The molecule has 2 aromatic rings. The Hall–Kier alpha value is -2.70. The normalized spacial score (nSPS) is 12.0. The van der Waals surface area contributed by atoms with Gasteiger partial charge >= 0.3 is 5.97 Å². The van der Waals surface area contributed by atoms with Gasteiger partial charge in [-0.3, -0.25) is 9.59 Å². The van der Waals surface area contributed by atoms with E-state index in [1.54, 1.807) is 31.2 Å². The third-order valence-electron chi connectivity index (χ3n) is 4.29. The number of carbonyl (C=O) groups excluding carboxylic acids is 2. The second kappa shape index (κ2) is 9.85. The molecule has 0 fully saturated rings. The lowest BCUT2D eigenvalue weighted by molar-refractivity contribution is -0.128. The van der Waals surface area contributed by atoms with Gasteiger partial charge in [-0.15, -0.1) is 0 Å². The Labute approximate surface area is 158 Å². The molecule has 7 heteroatoms. The molecule has 0 saturated heterocycles. The number of carbonyl (C=O) groups is 2. The SMILES string of the molecule is CCCCCCn1nc(C(=O)O[C@@H](C)C(=O)NCC)c2ccccc2c1=O. The van der Waals surface area contributed by atoms with Crippen molar-refractivity contribution in [1.29, 1.82) is 0 Å². The zero-order chi connectivity index (χ0) is 19.8. The van der Waals surface area contributed by atoms with E-state index in [0.717, 1.165) is 25.7 Å². The van der Waals surface area contributed by atoms with Crippen LogP contribution in [0.5, 0.6) is 0 Å². The van der Waals surface area contributed by atoms with E-state index in [9.17, 15) is 14.4 Å². The molecule has 0 saturated carbocycles. The third kappa shape index (κ3) is 5.15. The van der Waals surface area contributed by atoms with Gasteiger partial charge in [0.05, 0.1) is 5.39 Å². The maximum absolute atomic E-state index is 12.7. The van der Waals surface area contributed by atoms with Crippen LogP contribution >= 0.6 is 0 Å². The minimum Gasteiger partial charge on any atom is -0.448 e. The van der Waals surface area contributed by atoms with Gasteiger partial charge in [0.1, 0.15) is 0 Å². The molecule has 1 aromatic carbocycles. The molecule has 0 aliphatic rings. The van der Waals surface area contributed by atoms with Crippen LogP contribution in [0, 0.1) is 0 Å². The van der Waals surface area contributed by atoms with Crippen LogP contribution < -0.4 is 10.9 Å². The Bertz CT molecular complexity index is 860. The van der Waals surface area contributed by atoms with Crippen molar-refractivity contribution in [2.75, 3.05) is 6.54 Å². The van der Waals surface area contributed by atoms with Crippen molar-refractivity contribution in [1.82, 2.24) is 15.1 Å². The number of amides is 1. The lowest BCUT2D eigenvalue weighted by Crippen LogP contribution is -2.36. The molecule has 146 valence electrons. The van der Waals surface area contributed by atoms with E-state index in [-0.39, 0.29) is 17.2 Å². The van der Waals surface area contributed by atoms with Gasteiger partial charge in [0.15, 0.2) is 11.8 Å². The molecular formula is C20H27N3O4. The Morgan fingerprint density at radius 3 is 2.52 bits per heavy atom. The van der Waals surface area contributed by atoms with Crippen LogP contribution in [0.15, 0.2) is 29.1 Å². The number of ether oxygens (including phenoxy) is 1. The van der Waals surface area contributed by atoms with Crippen LogP contribution in [0.25, 0.3) is 10.8 Å². The standard InChI is InChI=1S/C20H27N3O4/c1-4-6-7-10-13-23-19(25)16-12-9-8-11-15(16)17(22-23)20(26)27-14(3)18(24)21-5-2/h8-9,11-12,14H,4-7,10,13H2,1-3H3,(H,21,24)/t14-/m0/s1. The minimum atomic E-state index is -0.942. The molecule has 1 heterocycles. The first-order valence-corrected chi connectivity index (χ1v) is 9.48. The predicted molar refractivity (Wildman–Crippen MR) is 104 cm³/mol. The van der Waals surface area contributed by atoms with E-state index in [1.807, 2.05) is 0 Å². The Morgan fingerprint density at radius 1 is 1.15 bits per heavy atom. The fraction of sp³-hybridized carbons (Fsp3) is 0.500. The number of hydrogen-bond donors (Lipinski definition) is 1. The summed E-state index contributed by atoms with van der Waals surface area (Å²) >= 11 is 0. The van der Waals surface area contributed by atoms with Crippen LogP contribution in [-0.4, -0.2) is 34.3 Å². The van der Waals surface area contributed by atoms with E-state index in [4.69, 9.17) is 4.74 Å². The van der Waals surface area contributed by atoms with Crippen LogP contribution in [0.4, 0.5) is 0 Å². The second-order valence-electron chi connectivity index (χ2n) is 6.43. The molecule has 1 atom stereocenters. The molecule has 0 spiro atoms. The number of rotatable bonds is 9. The van der Waals surface area contributed by atoms with E-state index in [0.29, 0.717) is 23.9 Å². The van der Waals surface area contributed by atoms with Crippen LogP contribution in [0.2, 0.25) is 0 Å². The number of benzene rings is 1. The maximum Gasteiger partial charge on any atom is 0.360 e. The molecule has 0 bridgehead atoms. The number of esters is 1. The lowest BCUT2D eigenvalue weighted by Gasteiger charge is -2.14. The predicted octanol–water partition coefficient (Wildman–Crippen LogP) is 2.66. The summed E-state index contributed by atoms with van der Waals surface area (Å²) in [6.07, 6.45) is 3.04. The van der Waals surface area contributed by atoms with Crippen molar-refractivity contribution in [3.63, 3.8) is 0 Å². The maximum atomic E-state index is 12.7. The van der Waals surface area contributed by atoms with Crippen molar-refractivity contribution < 1.29 is 14.3 Å². The molecule has 0 unspecified atom stereocenters. The molecule has 0 aliphatic carbocycles. The summed E-state index contributed by atoms with van der Waals surface area (Å²) in [7, 11) is 0. The molecule has 2 rings (SSSR count). The van der Waals surface area contributed by atoms with Crippen molar-refractivity contribution >= 4 is 22.6 Å². The number of unbranched alkanes of at least 4 members (excludes halogenated alkanes) is 3. The van der Waals surface area contributed by atoms with Gasteiger partial charge in [0.2, 0.25) is 0 Å². The first kappa shape index (κ1) is 20.6. The average Bonchev–Trinajstić information content (AvgIpc) is 2.67.